The van der Waals surface area contributed by atoms with Gasteiger partial charge in [0, 0.05) is 6.04 Å². The molecule has 20 heavy (non-hydrogen) atoms. The van der Waals surface area contributed by atoms with E-state index >= 15 is 0 Å². The average molecular weight is 283 g/mol. The molecule has 1 rings (SSSR count). The van der Waals surface area contributed by atoms with Crippen molar-refractivity contribution >= 4 is 17.8 Å². The number of carbonyl (C=O) groups is 3. The maximum atomic E-state index is 12.5. The summed E-state index contributed by atoms with van der Waals surface area (Å²) < 4.78 is 0. The van der Waals surface area contributed by atoms with Crippen LogP contribution in [0, 0.1) is 0 Å². The Morgan fingerprint density at radius 2 is 1.80 bits per heavy atom. The van der Waals surface area contributed by atoms with Crippen LogP contribution in [0.15, 0.2) is 0 Å². The quantitative estimate of drug-likeness (QED) is 0.693. The van der Waals surface area contributed by atoms with E-state index in [1.165, 1.54) is 0 Å². The Bertz CT molecular complexity index is 387. The number of nitrogens with zero attached hydrogens (tertiary/aromatic N) is 1. The van der Waals surface area contributed by atoms with Crippen LogP contribution in [0.3, 0.4) is 0 Å². The van der Waals surface area contributed by atoms with Crippen LogP contribution in [-0.2, 0) is 9.59 Å². The topological polar surface area (TPSA) is 78.5 Å². The predicted molar refractivity (Wildman–Crippen MR) is 76.1 cm³/mol. The summed E-state index contributed by atoms with van der Waals surface area (Å²) in [6.07, 6.45) is 2.82. The van der Waals surface area contributed by atoms with Gasteiger partial charge in [-0.15, -0.1) is 0 Å². The number of carbonyl (C=O) groups excluding carboxylic acids is 3. The van der Waals surface area contributed by atoms with E-state index in [0.717, 1.165) is 17.7 Å². The van der Waals surface area contributed by atoms with Crippen molar-refractivity contribution in [1.82, 2.24) is 15.5 Å². The molecule has 0 atom stereocenters. The van der Waals surface area contributed by atoms with Crippen LogP contribution < -0.4 is 10.6 Å². The zero-order valence-electron chi connectivity index (χ0n) is 12.8. The number of hydrogen-bond donors (Lipinski definition) is 2. The molecular formula is C14H25N3O3. The Morgan fingerprint density at radius 1 is 1.25 bits per heavy atom. The summed E-state index contributed by atoms with van der Waals surface area (Å²) >= 11 is 0. The Kier molecular flexibility index (Phi) is 5.53. The second-order valence-electron chi connectivity index (χ2n) is 5.63. The molecule has 0 saturated carbocycles. The van der Waals surface area contributed by atoms with Gasteiger partial charge in [0.2, 0.25) is 5.91 Å². The second-order valence-corrected chi connectivity index (χ2v) is 5.63. The van der Waals surface area contributed by atoms with Crippen molar-refractivity contribution in [3.8, 4) is 0 Å². The minimum atomic E-state index is -0.821. The number of amides is 4. The fourth-order valence-corrected chi connectivity index (χ4v) is 2.65. The van der Waals surface area contributed by atoms with Crippen molar-refractivity contribution in [2.24, 2.45) is 0 Å². The third kappa shape index (κ3) is 3.49. The summed E-state index contributed by atoms with van der Waals surface area (Å²) in [6, 6.07) is -0.477. The fourth-order valence-electron chi connectivity index (χ4n) is 2.65. The Hall–Kier alpha value is -1.59. The zero-order valence-corrected chi connectivity index (χ0v) is 12.8. The molecule has 0 aromatic carbocycles. The first-order valence-electron chi connectivity index (χ1n) is 7.29. The number of rotatable bonds is 7. The normalized spacial score (nSPS) is 17.6. The Labute approximate surface area is 120 Å². The molecule has 6 nitrogen and oxygen atoms in total. The maximum Gasteiger partial charge on any atom is 0.325 e. The van der Waals surface area contributed by atoms with Crippen molar-refractivity contribution in [3.63, 3.8) is 0 Å². The molecule has 4 amide bonds. The standard InChI is InChI=1S/C14H25N3O3/c1-5-7-14(8-6-2)12(19)17(13(20)16-14)9-11(18)15-10(3)4/h10H,5-9H2,1-4H3,(H,15,18)(H,16,20). The van der Waals surface area contributed by atoms with Gasteiger partial charge in [0.15, 0.2) is 0 Å². The van der Waals surface area contributed by atoms with Gasteiger partial charge in [0.25, 0.3) is 5.91 Å². The summed E-state index contributed by atoms with van der Waals surface area (Å²) in [5.41, 5.74) is -0.821. The van der Waals surface area contributed by atoms with Crippen molar-refractivity contribution in [1.29, 1.82) is 0 Å². The van der Waals surface area contributed by atoms with Gasteiger partial charge in [-0.05, 0) is 26.7 Å². The average Bonchev–Trinajstić information content (AvgIpc) is 2.54. The summed E-state index contributed by atoms with van der Waals surface area (Å²) in [5, 5.41) is 5.47. The molecule has 114 valence electrons. The smallest absolute Gasteiger partial charge is 0.325 e. The molecule has 1 saturated heterocycles. The lowest BCUT2D eigenvalue weighted by molar-refractivity contribution is -0.135. The van der Waals surface area contributed by atoms with Crippen molar-refractivity contribution in [3.05, 3.63) is 0 Å². The van der Waals surface area contributed by atoms with E-state index < -0.39 is 11.6 Å². The molecule has 6 heteroatoms. The van der Waals surface area contributed by atoms with Crippen molar-refractivity contribution < 1.29 is 14.4 Å². The first kappa shape index (κ1) is 16.5. The van der Waals surface area contributed by atoms with Crippen LogP contribution in [0.4, 0.5) is 4.79 Å². The summed E-state index contributed by atoms with van der Waals surface area (Å²) in [5.74, 6) is -0.586. The van der Waals surface area contributed by atoms with Gasteiger partial charge in [-0.3, -0.25) is 14.5 Å². The van der Waals surface area contributed by atoms with Crippen LogP contribution >= 0.6 is 0 Å². The van der Waals surface area contributed by atoms with Crippen molar-refractivity contribution in [2.75, 3.05) is 6.54 Å². The molecule has 1 heterocycles. The van der Waals surface area contributed by atoms with E-state index in [0.29, 0.717) is 12.8 Å². The predicted octanol–water partition coefficient (Wildman–Crippen LogP) is 1.40. The summed E-state index contributed by atoms with van der Waals surface area (Å²) in [7, 11) is 0. The van der Waals surface area contributed by atoms with E-state index in [1.54, 1.807) is 0 Å². The molecular weight excluding hydrogens is 258 g/mol. The lowest BCUT2D eigenvalue weighted by Crippen LogP contribution is -2.47. The van der Waals surface area contributed by atoms with E-state index in [4.69, 9.17) is 0 Å². The molecule has 0 radical (unpaired) electrons. The highest BCUT2D eigenvalue weighted by molar-refractivity contribution is 6.09. The largest absolute Gasteiger partial charge is 0.352 e. The first-order valence-corrected chi connectivity index (χ1v) is 7.29. The summed E-state index contributed by atoms with van der Waals surface area (Å²) in [6.45, 7) is 7.42. The van der Waals surface area contributed by atoms with Gasteiger partial charge in [-0.2, -0.15) is 0 Å². The van der Waals surface area contributed by atoms with Gasteiger partial charge in [0.1, 0.15) is 12.1 Å². The number of urea groups is 1. The fraction of sp³-hybridized carbons (Fsp3) is 0.786. The molecule has 1 aliphatic heterocycles. The maximum absolute atomic E-state index is 12.5. The zero-order chi connectivity index (χ0) is 15.3. The van der Waals surface area contributed by atoms with Gasteiger partial charge in [-0.1, -0.05) is 26.7 Å². The van der Waals surface area contributed by atoms with Crippen molar-refractivity contribution in [2.45, 2.75) is 65.0 Å². The van der Waals surface area contributed by atoms with E-state index in [9.17, 15) is 14.4 Å². The van der Waals surface area contributed by atoms with E-state index in [1.807, 2.05) is 27.7 Å². The SMILES string of the molecule is CCCC1(CCC)NC(=O)N(CC(=O)NC(C)C)C1=O. The van der Waals surface area contributed by atoms with Crippen LogP contribution in [-0.4, -0.2) is 40.9 Å². The van der Waals surface area contributed by atoms with Gasteiger partial charge < -0.3 is 10.6 Å². The third-order valence-corrected chi connectivity index (χ3v) is 3.35. The van der Waals surface area contributed by atoms with Crippen LogP contribution in [0.2, 0.25) is 0 Å². The van der Waals surface area contributed by atoms with Crippen LogP contribution in [0.25, 0.3) is 0 Å². The lowest BCUT2D eigenvalue weighted by Gasteiger charge is -2.25. The molecule has 0 aliphatic carbocycles. The molecule has 0 unspecified atom stereocenters. The first-order chi connectivity index (χ1) is 9.36. The van der Waals surface area contributed by atoms with E-state index in [2.05, 4.69) is 10.6 Å². The van der Waals surface area contributed by atoms with Crippen LogP contribution in [0.1, 0.15) is 53.4 Å². The lowest BCUT2D eigenvalue weighted by atomic mass is 9.88. The molecule has 1 aliphatic rings. The molecule has 0 bridgehead atoms. The highest BCUT2D eigenvalue weighted by Gasteiger charge is 2.50. The highest BCUT2D eigenvalue weighted by Crippen LogP contribution is 2.27. The van der Waals surface area contributed by atoms with Gasteiger partial charge in [-0.25, -0.2) is 4.79 Å². The van der Waals surface area contributed by atoms with Gasteiger partial charge >= 0.3 is 6.03 Å². The number of hydrogen-bond acceptors (Lipinski definition) is 3. The second kappa shape index (κ2) is 6.72. The third-order valence-electron chi connectivity index (χ3n) is 3.35. The summed E-state index contributed by atoms with van der Waals surface area (Å²) in [4.78, 5) is 37.3. The molecule has 2 N–H and O–H groups in total. The molecule has 1 fully saturated rings. The van der Waals surface area contributed by atoms with E-state index in [-0.39, 0.29) is 24.4 Å². The molecule has 0 aromatic heterocycles. The van der Waals surface area contributed by atoms with Gasteiger partial charge in [0.05, 0.1) is 0 Å². The molecule has 0 aromatic rings. The molecule has 0 spiro atoms. The minimum absolute atomic E-state index is 0.0145. The van der Waals surface area contributed by atoms with Crippen LogP contribution in [0.5, 0.6) is 0 Å². The highest BCUT2D eigenvalue weighted by atomic mass is 16.2. The minimum Gasteiger partial charge on any atom is -0.352 e. The number of nitrogens with one attached hydrogen (secondary N) is 2. The Balaban J connectivity index is 2.82. The monoisotopic (exact) mass is 283 g/mol. The number of imide groups is 1. The Morgan fingerprint density at radius 3 is 2.25 bits per heavy atom.